The van der Waals surface area contributed by atoms with Crippen molar-refractivity contribution in [3.8, 4) is 16.3 Å². The number of rotatable bonds is 8. The second kappa shape index (κ2) is 10.9. The third kappa shape index (κ3) is 5.64. The molecule has 5 rings (SSSR count). The first kappa shape index (κ1) is 26.4. The number of thiazole rings is 1. The van der Waals surface area contributed by atoms with E-state index >= 15 is 0 Å². The standard InChI is InChI=1S/C30H27N3O4S2/c1-20-10-16-27(37-3)26(17-20)33(39(35,36)24-7-5-4-6-8-24)19-29(34)31-23-13-11-22(12-14-23)30-32-25-15-9-21(2)18-28(25)38-30/h4-18H,19H2,1-3H3,(H,31,34). The van der Waals surface area contributed by atoms with Crippen LogP contribution in [0.3, 0.4) is 0 Å². The van der Waals surface area contributed by atoms with Crippen LogP contribution < -0.4 is 14.4 Å². The van der Waals surface area contributed by atoms with Gasteiger partial charge >= 0.3 is 0 Å². The molecule has 0 atom stereocenters. The summed E-state index contributed by atoms with van der Waals surface area (Å²) >= 11 is 1.61. The van der Waals surface area contributed by atoms with E-state index in [4.69, 9.17) is 9.72 Å². The molecule has 0 aliphatic heterocycles. The third-order valence-corrected chi connectivity index (χ3v) is 9.02. The van der Waals surface area contributed by atoms with Crippen LogP contribution >= 0.6 is 11.3 Å². The summed E-state index contributed by atoms with van der Waals surface area (Å²) in [5, 5.41) is 3.72. The SMILES string of the molecule is COc1ccc(C)cc1N(CC(=O)Nc1ccc(-c2nc3ccc(C)cc3s2)cc1)S(=O)(=O)c1ccccc1. The molecule has 0 bridgehead atoms. The number of hydrogen-bond donors (Lipinski definition) is 1. The minimum absolute atomic E-state index is 0.0803. The van der Waals surface area contributed by atoms with E-state index < -0.39 is 22.5 Å². The summed E-state index contributed by atoms with van der Waals surface area (Å²) in [4.78, 5) is 18.0. The summed E-state index contributed by atoms with van der Waals surface area (Å²) in [5.74, 6) is -0.135. The molecule has 9 heteroatoms. The zero-order valence-electron chi connectivity index (χ0n) is 21.7. The van der Waals surface area contributed by atoms with Crippen LogP contribution in [0.4, 0.5) is 11.4 Å². The minimum atomic E-state index is -4.06. The normalized spacial score (nSPS) is 11.4. The van der Waals surface area contributed by atoms with Crippen molar-refractivity contribution in [1.29, 1.82) is 0 Å². The van der Waals surface area contributed by atoms with Gasteiger partial charge in [-0.05, 0) is 85.6 Å². The van der Waals surface area contributed by atoms with Crippen molar-refractivity contribution in [2.75, 3.05) is 23.3 Å². The molecule has 0 aliphatic carbocycles. The van der Waals surface area contributed by atoms with Crippen molar-refractivity contribution in [3.05, 3.63) is 102 Å². The predicted molar refractivity (Wildman–Crippen MR) is 157 cm³/mol. The Labute approximate surface area is 231 Å². The Balaban J connectivity index is 1.40. The van der Waals surface area contributed by atoms with Gasteiger partial charge in [0.1, 0.15) is 17.3 Å². The molecule has 0 unspecified atom stereocenters. The number of nitrogens with one attached hydrogen (secondary N) is 1. The maximum absolute atomic E-state index is 13.7. The third-order valence-electron chi connectivity index (χ3n) is 6.18. The van der Waals surface area contributed by atoms with E-state index in [1.807, 2.05) is 37.3 Å². The van der Waals surface area contributed by atoms with Crippen molar-refractivity contribution in [2.24, 2.45) is 0 Å². The number of sulfonamides is 1. The number of amides is 1. The highest BCUT2D eigenvalue weighted by atomic mass is 32.2. The fourth-order valence-electron chi connectivity index (χ4n) is 4.20. The molecule has 4 aromatic carbocycles. The molecule has 1 amide bonds. The van der Waals surface area contributed by atoms with Crippen molar-refractivity contribution >= 4 is 48.9 Å². The first-order chi connectivity index (χ1) is 18.7. The second-order valence-corrected chi connectivity index (χ2v) is 12.0. The zero-order chi connectivity index (χ0) is 27.6. The Morgan fingerprint density at radius 2 is 1.62 bits per heavy atom. The molecule has 0 spiro atoms. The fourth-order valence-corrected chi connectivity index (χ4v) is 6.71. The number of benzene rings is 4. The van der Waals surface area contributed by atoms with E-state index in [9.17, 15) is 13.2 Å². The molecule has 0 fully saturated rings. The van der Waals surface area contributed by atoms with Crippen molar-refractivity contribution in [3.63, 3.8) is 0 Å². The van der Waals surface area contributed by atoms with Gasteiger partial charge < -0.3 is 10.1 Å². The fraction of sp³-hybridized carbons (Fsp3) is 0.133. The molecule has 1 N–H and O–H groups in total. The van der Waals surface area contributed by atoms with Gasteiger partial charge in [-0.1, -0.05) is 30.3 Å². The number of carbonyl (C=O) groups is 1. The van der Waals surface area contributed by atoms with E-state index in [2.05, 4.69) is 18.3 Å². The Morgan fingerprint density at radius 3 is 2.33 bits per heavy atom. The zero-order valence-corrected chi connectivity index (χ0v) is 23.3. The molecule has 0 saturated carbocycles. The molecule has 1 heterocycles. The topological polar surface area (TPSA) is 88.6 Å². The Hall–Kier alpha value is -4.21. The molecule has 1 aromatic heterocycles. The number of methoxy groups -OCH3 is 1. The van der Waals surface area contributed by atoms with Crippen LogP contribution in [-0.2, 0) is 14.8 Å². The van der Waals surface area contributed by atoms with Crippen LogP contribution in [0.1, 0.15) is 11.1 Å². The molecule has 5 aromatic rings. The Kier molecular flexibility index (Phi) is 7.36. The number of nitrogens with zero attached hydrogens (tertiary/aromatic N) is 2. The van der Waals surface area contributed by atoms with E-state index in [0.29, 0.717) is 11.4 Å². The summed E-state index contributed by atoms with van der Waals surface area (Å²) < 4.78 is 35.0. The summed E-state index contributed by atoms with van der Waals surface area (Å²) in [7, 11) is -2.60. The quantitative estimate of drug-likeness (QED) is 0.238. The lowest BCUT2D eigenvalue weighted by Gasteiger charge is -2.26. The van der Waals surface area contributed by atoms with Crippen LogP contribution in [0, 0.1) is 13.8 Å². The van der Waals surface area contributed by atoms with E-state index in [-0.39, 0.29) is 10.6 Å². The average molecular weight is 558 g/mol. The maximum Gasteiger partial charge on any atom is 0.264 e. The molecule has 0 radical (unpaired) electrons. The molecule has 39 heavy (non-hydrogen) atoms. The van der Waals surface area contributed by atoms with Gasteiger partial charge in [0.25, 0.3) is 10.0 Å². The van der Waals surface area contributed by atoms with Crippen LogP contribution in [0.15, 0.2) is 95.9 Å². The average Bonchev–Trinajstić information content (AvgIpc) is 3.36. The molecular formula is C30H27N3O4S2. The Morgan fingerprint density at radius 1 is 0.923 bits per heavy atom. The van der Waals surface area contributed by atoms with Crippen LogP contribution in [0.2, 0.25) is 0 Å². The summed E-state index contributed by atoms with van der Waals surface area (Å²) in [6.07, 6.45) is 0. The van der Waals surface area contributed by atoms with E-state index in [1.54, 1.807) is 53.8 Å². The number of aryl methyl sites for hydroxylation is 2. The molecule has 7 nitrogen and oxygen atoms in total. The molecule has 198 valence electrons. The van der Waals surface area contributed by atoms with Gasteiger partial charge in [0, 0.05) is 11.3 Å². The number of hydrogen-bond acceptors (Lipinski definition) is 6. The molecule has 0 aliphatic rings. The van der Waals surface area contributed by atoms with Gasteiger partial charge in [-0.2, -0.15) is 0 Å². The first-order valence-corrected chi connectivity index (χ1v) is 14.5. The van der Waals surface area contributed by atoms with Gasteiger partial charge in [0.2, 0.25) is 5.91 Å². The number of ether oxygens (including phenoxy) is 1. The van der Waals surface area contributed by atoms with E-state index in [1.165, 1.54) is 24.8 Å². The second-order valence-electron chi connectivity index (χ2n) is 9.12. The number of aromatic nitrogens is 1. The van der Waals surface area contributed by atoms with Crippen LogP contribution in [0.25, 0.3) is 20.8 Å². The lowest BCUT2D eigenvalue weighted by Crippen LogP contribution is -2.38. The van der Waals surface area contributed by atoms with Crippen molar-refractivity contribution in [1.82, 2.24) is 4.98 Å². The highest BCUT2D eigenvalue weighted by Crippen LogP contribution is 2.34. The number of anilines is 2. The molecular weight excluding hydrogens is 530 g/mol. The monoisotopic (exact) mass is 557 g/mol. The van der Waals surface area contributed by atoms with Gasteiger partial charge in [0.15, 0.2) is 0 Å². The van der Waals surface area contributed by atoms with E-state index in [0.717, 1.165) is 30.7 Å². The lowest BCUT2D eigenvalue weighted by molar-refractivity contribution is -0.114. The van der Waals surface area contributed by atoms with Gasteiger partial charge in [0.05, 0.1) is 27.9 Å². The predicted octanol–water partition coefficient (Wildman–Crippen LogP) is 6.42. The summed E-state index contributed by atoms with van der Waals surface area (Å²) in [5.41, 5.74) is 4.74. The highest BCUT2D eigenvalue weighted by Gasteiger charge is 2.29. The van der Waals surface area contributed by atoms with Crippen molar-refractivity contribution in [2.45, 2.75) is 18.7 Å². The number of fused-ring (bicyclic) bond motifs is 1. The van der Waals surface area contributed by atoms with Crippen LogP contribution in [0.5, 0.6) is 5.75 Å². The Bertz CT molecular complexity index is 1750. The smallest absolute Gasteiger partial charge is 0.264 e. The van der Waals surface area contributed by atoms with Gasteiger partial charge in [-0.3, -0.25) is 9.10 Å². The largest absolute Gasteiger partial charge is 0.495 e. The maximum atomic E-state index is 13.7. The summed E-state index contributed by atoms with van der Waals surface area (Å²) in [6, 6.07) is 26.8. The van der Waals surface area contributed by atoms with Gasteiger partial charge in [-0.15, -0.1) is 11.3 Å². The highest BCUT2D eigenvalue weighted by molar-refractivity contribution is 7.92. The first-order valence-electron chi connectivity index (χ1n) is 12.2. The van der Waals surface area contributed by atoms with Crippen LogP contribution in [-0.4, -0.2) is 33.0 Å². The molecule has 0 saturated heterocycles. The van der Waals surface area contributed by atoms with Gasteiger partial charge in [-0.25, -0.2) is 13.4 Å². The lowest BCUT2D eigenvalue weighted by atomic mass is 10.2. The van der Waals surface area contributed by atoms with Crippen molar-refractivity contribution < 1.29 is 17.9 Å². The minimum Gasteiger partial charge on any atom is -0.495 e. The number of carbonyl (C=O) groups excluding carboxylic acids is 1. The summed E-state index contributed by atoms with van der Waals surface area (Å²) in [6.45, 7) is 3.47.